The highest BCUT2D eigenvalue weighted by Crippen LogP contribution is 2.29. The van der Waals surface area contributed by atoms with Gasteiger partial charge in [0, 0.05) is 16.1 Å². The fourth-order valence-electron chi connectivity index (χ4n) is 3.94. The second-order valence-corrected chi connectivity index (χ2v) is 8.46. The van der Waals surface area contributed by atoms with E-state index in [0.29, 0.717) is 22.0 Å². The van der Waals surface area contributed by atoms with Crippen molar-refractivity contribution in [2.75, 3.05) is 6.61 Å². The minimum absolute atomic E-state index is 0.252. The van der Waals surface area contributed by atoms with Crippen LogP contribution < -0.4 is 10.9 Å². The van der Waals surface area contributed by atoms with Crippen molar-refractivity contribution in [2.45, 2.75) is 25.8 Å². The second kappa shape index (κ2) is 11.0. The van der Waals surface area contributed by atoms with Crippen LogP contribution in [0.3, 0.4) is 0 Å². The number of halogens is 1. The van der Waals surface area contributed by atoms with Crippen LogP contribution in [0.1, 0.15) is 39.9 Å². The lowest BCUT2D eigenvalue weighted by Gasteiger charge is -2.21. The van der Waals surface area contributed by atoms with Crippen molar-refractivity contribution < 1.29 is 14.3 Å². The first kappa shape index (κ1) is 24.2. The van der Waals surface area contributed by atoms with E-state index < -0.39 is 23.8 Å². The minimum Gasteiger partial charge on any atom is -0.464 e. The van der Waals surface area contributed by atoms with Crippen molar-refractivity contribution in [1.82, 2.24) is 10.9 Å². The van der Waals surface area contributed by atoms with Crippen LogP contribution in [0.25, 0.3) is 0 Å². The van der Waals surface area contributed by atoms with Gasteiger partial charge in [-0.05, 0) is 37.6 Å². The number of carbonyl (C=O) groups excluding carboxylic acids is 2. The maximum atomic E-state index is 12.8. The Morgan fingerprint density at radius 3 is 2.49 bits per heavy atom. The first-order valence-electron chi connectivity index (χ1n) is 11.2. The Hall–Kier alpha value is -3.97. The van der Waals surface area contributed by atoms with E-state index in [1.165, 1.54) is 0 Å². The molecule has 3 aromatic rings. The van der Waals surface area contributed by atoms with Gasteiger partial charge < -0.3 is 4.74 Å². The van der Waals surface area contributed by atoms with E-state index in [1.807, 2.05) is 61.5 Å². The van der Waals surface area contributed by atoms with E-state index >= 15 is 0 Å². The molecule has 1 aliphatic rings. The number of aryl methyl sites for hydroxylation is 1. The zero-order valence-corrected chi connectivity index (χ0v) is 20.1. The van der Waals surface area contributed by atoms with Crippen molar-refractivity contribution in [3.63, 3.8) is 0 Å². The average molecular weight is 489 g/mol. The molecule has 7 nitrogen and oxygen atoms in total. The highest BCUT2D eigenvalue weighted by atomic mass is 35.5. The number of ether oxygens (including phenoxy) is 1. The molecule has 3 aromatic carbocycles. The fraction of sp³-hybridized carbons (Fsp3) is 0.185. The SMILES string of the molecule is CCOC(=O)C1NN=C(/C(=N/NC(=O)c2cccc(Cl)c2)c2ccccc2)C1c1cccc(C)c1. The number of esters is 1. The van der Waals surface area contributed by atoms with Crippen molar-refractivity contribution in [2.24, 2.45) is 10.2 Å². The zero-order chi connectivity index (χ0) is 24.8. The predicted molar refractivity (Wildman–Crippen MR) is 137 cm³/mol. The molecule has 0 spiro atoms. The summed E-state index contributed by atoms with van der Waals surface area (Å²) in [5.74, 6) is -1.30. The van der Waals surface area contributed by atoms with Crippen LogP contribution in [-0.4, -0.2) is 35.9 Å². The van der Waals surface area contributed by atoms with E-state index in [0.717, 1.165) is 16.7 Å². The highest BCUT2D eigenvalue weighted by molar-refractivity contribution is 6.50. The highest BCUT2D eigenvalue weighted by Gasteiger charge is 2.41. The summed E-state index contributed by atoms with van der Waals surface area (Å²) in [5.41, 5.74) is 9.56. The lowest BCUT2D eigenvalue weighted by atomic mass is 9.84. The zero-order valence-electron chi connectivity index (χ0n) is 19.4. The molecule has 2 atom stereocenters. The molecule has 0 bridgehead atoms. The van der Waals surface area contributed by atoms with Gasteiger partial charge in [-0.1, -0.05) is 77.8 Å². The third kappa shape index (κ3) is 5.58. The summed E-state index contributed by atoms with van der Waals surface area (Å²) >= 11 is 6.04. The molecule has 35 heavy (non-hydrogen) atoms. The molecule has 178 valence electrons. The van der Waals surface area contributed by atoms with Crippen molar-refractivity contribution >= 4 is 34.9 Å². The third-order valence-corrected chi connectivity index (χ3v) is 5.77. The van der Waals surface area contributed by atoms with Crippen LogP contribution in [0, 0.1) is 6.92 Å². The minimum atomic E-state index is -0.732. The number of hydrogen-bond acceptors (Lipinski definition) is 6. The van der Waals surface area contributed by atoms with Gasteiger partial charge in [0.1, 0.15) is 5.71 Å². The van der Waals surface area contributed by atoms with Crippen LogP contribution >= 0.6 is 11.6 Å². The summed E-state index contributed by atoms with van der Waals surface area (Å²) in [6, 6.07) is 23.1. The van der Waals surface area contributed by atoms with Crippen LogP contribution in [0.2, 0.25) is 5.02 Å². The van der Waals surface area contributed by atoms with Gasteiger partial charge in [-0.25, -0.2) is 10.2 Å². The Labute approximate surface area is 208 Å². The van der Waals surface area contributed by atoms with Crippen LogP contribution in [0.15, 0.2) is 89.1 Å². The molecule has 0 fully saturated rings. The van der Waals surface area contributed by atoms with Crippen molar-refractivity contribution in [3.8, 4) is 0 Å². The molecular weight excluding hydrogens is 464 g/mol. The summed E-state index contributed by atoms with van der Waals surface area (Å²) < 4.78 is 5.31. The van der Waals surface area contributed by atoms with Gasteiger partial charge in [0.15, 0.2) is 6.04 Å². The molecule has 2 unspecified atom stereocenters. The molecule has 0 saturated carbocycles. The normalized spacial score (nSPS) is 17.3. The molecule has 0 saturated heterocycles. The molecular formula is C27H25ClN4O3. The quantitative estimate of drug-likeness (QED) is 0.292. The number of amides is 1. The van der Waals surface area contributed by atoms with Gasteiger partial charge in [-0.15, -0.1) is 0 Å². The molecule has 0 aliphatic carbocycles. The Balaban J connectivity index is 1.75. The van der Waals surface area contributed by atoms with Gasteiger partial charge >= 0.3 is 5.97 Å². The molecule has 8 heteroatoms. The Kier molecular flexibility index (Phi) is 7.57. The molecule has 4 rings (SSSR count). The van der Waals surface area contributed by atoms with Gasteiger partial charge in [-0.2, -0.15) is 10.2 Å². The van der Waals surface area contributed by atoms with Crippen LogP contribution in [0.5, 0.6) is 0 Å². The Bertz CT molecular complexity index is 1290. The molecule has 0 aromatic heterocycles. The predicted octanol–water partition coefficient (Wildman–Crippen LogP) is 4.46. The van der Waals surface area contributed by atoms with E-state index in [2.05, 4.69) is 21.1 Å². The fourth-order valence-corrected chi connectivity index (χ4v) is 4.13. The maximum absolute atomic E-state index is 12.8. The molecule has 1 heterocycles. The number of nitrogens with zero attached hydrogens (tertiary/aromatic N) is 2. The monoisotopic (exact) mass is 488 g/mol. The van der Waals surface area contributed by atoms with E-state index in [1.54, 1.807) is 31.2 Å². The van der Waals surface area contributed by atoms with Gasteiger partial charge in [0.05, 0.1) is 18.2 Å². The smallest absolute Gasteiger partial charge is 0.331 e. The summed E-state index contributed by atoms with van der Waals surface area (Å²) in [6.07, 6.45) is 0. The first-order valence-corrected chi connectivity index (χ1v) is 11.6. The second-order valence-electron chi connectivity index (χ2n) is 8.03. The van der Waals surface area contributed by atoms with Crippen LogP contribution in [-0.2, 0) is 9.53 Å². The van der Waals surface area contributed by atoms with Gasteiger partial charge in [0.2, 0.25) is 0 Å². The number of benzene rings is 3. The first-order chi connectivity index (χ1) is 17.0. The molecule has 2 N–H and O–H groups in total. The molecule has 0 radical (unpaired) electrons. The largest absolute Gasteiger partial charge is 0.464 e. The van der Waals surface area contributed by atoms with E-state index in [9.17, 15) is 9.59 Å². The number of hydrogen-bond donors (Lipinski definition) is 2. The Morgan fingerprint density at radius 1 is 1.03 bits per heavy atom. The average Bonchev–Trinajstić information content (AvgIpc) is 3.30. The number of nitrogens with one attached hydrogen (secondary N) is 2. The topological polar surface area (TPSA) is 92.2 Å². The maximum Gasteiger partial charge on any atom is 0.331 e. The molecule has 1 aliphatic heterocycles. The summed E-state index contributed by atoms with van der Waals surface area (Å²) in [5, 5.41) is 9.43. The summed E-state index contributed by atoms with van der Waals surface area (Å²) in [7, 11) is 0. The van der Waals surface area contributed by atoms with Crippen molar-refractivity contribution in [3.05, 3.63) is 106 Å². The standard InChI is InChI=1S/C27H25ClN4O3/c1-3-35-27(34)25-22(19-12-7-9-17(2)15-19)24(30-31-25)23(18-10-5-4-6-11-18)29-32-26(33)20-13-8-14-21(28)16-20/h4-16,22,25,31H,3H2,1-2H3,(H,32,33)/b29-23+. The van der Waals surface area contributed by atoms with Gasteiger partial charge in [-0.3, -0.25) is 10.2 Å². The number of carbonyl (C=O) groups is 2. The lowest BCUT2D eigenvalue weighted by Crippen LogP contribution is -2.39. The summed E-state index contributed by atoms with van der Waals surface area (Å²) in [4.78, 5) is 25.6. The van der Waals surface area contributed by atoms with Crippen LogP contribution in [0.4, 0.5) is 0 Å². The number of rotatable bonds is 7. The number of hydrazone groups is 2. The van der Waals surface area contributed by atoms with E-state index in [-0.39, 0.29) is 6.61 Å². The lowest BCUT2D eigenvalue weighted by molar-refractivity contribution is -0.145. The van der Waals surface area contributed by atoms with Crippen molar-refractivity contribution in [1.29, 1.82) is 0 Å². The Morgan fingerprint density at radius 2 is 1.77 bits per heavy atom. The third-order valence-electron chi connectivity index (χ3n) is 5.54. The summed E-state index contributed by atoms with van der Waals surface area (Å²) in [6.45, 7) is 4.00. The van der Waals surface area contributed by atoms with E-state index in [4.69, 9.17) is 16.3 Å². The molecule has 1 amide bonds. The van der Waals surface area contributed by atoms with Gasteiger partial charge in [0.25, 0.3) is 5.91 Å².